The van der Waals surface area contributed by atoms with Gasteiger partial charge in [0.15, 0.2) is 0 Å². The van der Waals surface area contributed by atoms with Crippen molar-refractivity contribution in [2.45, 2.75) is 31.0 Å². The van der Waals surface area contributed by atoms with E-state index in [9.17, 15) is 13.2 Å². The molecule has 6 heteroatoms. The second-order valence-electron chi connectivity index (χ2n) is 4.85. The maximum absolute atomic E-state index is 12.4. The first-order valence-corrected chi connectivity index (χ1v) is 6.23. The summed E-state index contributed by atoms with van der Waals surface area (Å²) in [6, 6.07) is 2.51. The molecule has 1 aromatic rings. The number of piperidine rings is 1. The monoisotopic (exact) mass is 274 g/mol. The van der Waals surface area contributed by atoms with Crippen molar-refractivity contribution in [3.05, 3.63) is 29.6 Å². The summed E-state index contributed by atoms with van der Waals surface area (Å²) in [6.07, 6.45) is -1.22. The van der Waals surface area contributed by atoms with Crippen molar-refractivity contribution in [3.63, 3.8) is 0 Å². The molecular weight excluding hydrogens is 257 g/mol. The lowest BCUT2D eigenvalue weighted by atomic mass is 9.87. The third kappa shape index (κ3) is 3.45. The number of nitrogens with zero attached hydrogens (tertiary/aromatic N) is 1. The maximum Gasteiger partial charge on any atom is 0.417 e. The van der Waals surface area contributed by atoms with Gasteiger partial charge in [-0.15, -0.1) is 0 Å². The molecule has 2 heterocycles. The Balaban J connectivity index is 2.10. The molecule has 0 spiro atoms. The smallest absolute Gasteiger partial charge is 0.378 e. The van der Waals surface area contributed by atoms with E-state index in [1.54, 1.807) is 7.11 Å². The first-order valence-electron chi connectivity index (χ1n) is 6.23. The van der Waals surface area contributed by atoms with E-state index in [1.807, 2.05) is 0 Å². The zero-order valence-corrected chi connectivity index (χ0v) is 10.8. The lowest BCUT2D eigenvalue weighted by molar-refractivity contribution is -0.137. The van der Waals surface area contributed by atoms with Gasteiger partial charge in [0.25, 0.3) is 0 Å². The van der Waals surface area contributed by atoms with E-state index in [1.165, 1.54) is 6.07 Å². The van der Waals surface area contributed by atoms with Crippen LogP contribution in [0.1, 0.15) is 24.1 Å². The molecule has 106 valence electrons. The second-order valence-corrected chi connectivity index (χ2v) is 4.85. The summed E-state index contributed by atoms with van der Waals surface area (Å²) >= 11 is 0. The Labute approximate surface area is 110 Å². The first-order chi connectivity index (χ1) is 8.95. The number of halogens is 3. The van der Waals surface area contributed by atoms with Crippen molar-refractivity contribution in [2.24, 2.45) is 0 Å². The van der Waals surface area contributed by atoms with Gasteiger partial charge in [-0.1, -0.05) is 0 Å². The van der Waals surface area contributed by atoms with Crippen LogP contribution in [0.5, 0.6) is 0 Å². The van der Waals surface area contributed by atoms with Crippen molar-refractivity contribution in [1.29, 1.82) is 0 Å². The molecule has 0 aromatic carbocycles. The summed E-state index contributed by atoms with van der Waals surface area (Å²) in [7, 11) is 1.65. The zero-order valence-electron chi connectivity index (χ0n) is 10.8. The van der Waals surface area contributed by atoms with Gasteiger partial charge in [0, 0.05) is 25.4 Å². The highest BCUT2D eigenvalue weighted by Crippen LogP contribution is 2.30. The van der Waals surface area contributed by atoms with E-state index >= 15 is 0 Å². The molecule has 1 saturated heterocycles. The Morgan fingerprint density at radius 1 is 1.32 bits per heavy atom. The lowest BCUT2D eigenvalue weighted by Crippen LogP contribution is -2.45. The van der Waals surface area contributed by atoms with Crippen LogP contribution in [-0.4, -0.2) is 30.8 Å². The quantitative estimate of drug-likeness (QED) is 0.919. The Morgan fingerprint density at radius 3 is 2.47 bits per heavy atom. The molecule has 0 bridgehead atoms. The molecule has 0 unspecified atom stereocenters. The van der Waals surface area contributed by atoms with Crippen LogP contribution >= 0.6 is 0 Å². The fourth-order valence-corrected chi connectivity index (χ4v) is 2.36. The van der Waals surface area contributed by atoms with Crippen LogP contribution in [0.15, 0.2) is 18.3 Å². The summed E-state index contributed by atoms with van der Waals surface area (Å²) in [4.78, 5) is 3.91. The molecule has 0 radical (unpaired) electrons. The van der Waals surface area contributed by atoms with Gasteiger partial charge in [0.1, 0.15) is 0 Å². The van der Waals surface area contributed by atoms with E-state index in [-0.39, 0.29) is 5.60 Å². The van der Waals surface area contributed by atoms with Gasteiger partial charge < -0.3 is 10.1 Å². The van der Waals surface area contributed by atoms with Crippen LogP contribution in [0.4, 0.5) is 13.2 Å². The first kappa shape index (κ1) is 14.3. The highest BCUT2D eigenvalue weighted by molar-refractivity contribution is 5.18. The van der Waals surface area contributed by atoms with Gasteiger partial charge in [0.05, 0.1) is 11.2 Å². The molecule has 0 aliphatic carbocycles. The average Bonchev–Trinajstić information content (AvgIpc) is 2.39. The average molecular weight is 274 g/mol. The Kier molecular flexibility index (Phi) is 4.10. The van der Waals surface area contributed by atoms with Crippen LogP contribution in [0.3, 0.4) is 0 Å². The molecule has 0 saturated carbocycles. The van der Waals surface area contributed by atoms with Crippen LogP contribution in [0.2, 0.25) is 0 Å². The minimum atomic E-state index is -4.33. The third-order valence-electron chi connectivity index (χ3n) is 3.60. The highest BCUT2D eigenvalue weighted by Gasteiger charge is 2.34. The topological polar surface area (TPSA) is 34.1 Å². The predicted molar refractivity (Wildman–Crippen MR) is 64.8 cm³/mol. The lowest BCUT2D eigenvalue weighted by Gasteiger charge is -2.36. The van der Waals surface area contributed by atoms with Gasteiger partial charge in [-0.25, -0.2) is 0 Å². The molecule has 1 aliphatic rings. The van der Waals surface area contributed by atoms with E-state index in [0.717, 1.165) is 38.2 Å². The molecule has 2 rings (SSSR count). The molecule has 1 aromatic heterocycles. The molecule has 1 N–H and O–H groups in total. The van der Waals surface area contributed by atoms with Gasteiger partial charge in [0.2, 0.25) is 0 Å². The normalized spacial score (nSPS) is 19.4. The number of alkyl halides is 3. The number of methoxy groups -OCH3 is 1. The summed E-state index contributed by atoms with van der Waals surface area (Å²) in [6.45, 7) is 1.71. The van der Waals surface area contributed by atoms with E-state index < -0.39 is 11.7 Å². The Hall–Kier alpha value is -1.14. The standard InChI is InChI=1S/C13H17F3N2O/c1-19-12(4-6-17-7-5-12)8-11-3-2-10(9-18-11)13(14,15)16/h2-3,9,17H,4-8H2,1H3. The Bertz CT molecular complexity index is 411. The molecule has 19 heavy (non-hydrogen) atoms. The predicted octanol–water partition coefficient (Wildman–Crippen LogP) is 2.41. The molecule has 0 amide bonds. The molecule has 0 atom stereocenters. The summed E-state index contributed by atoms with van der Waals surface area (Å²) in [5.74, 6) is 0. The van der Waals surface area contributed by atoms with E-state index in [4.69, 9.17) is 4.74 Å². The number of hydrogen-bond donors (Lipinski definition) is 1. The summed E-state index contributed by atoms with van der Waals surface area (Å²) in [5, 5.41) is 3.24. The number of pyridine rings is 1. The SMILES string of the molecule is COC1(Cc2ccc(C(F)(F)F)cn2)CCNCC1. The second kappa shape index (κ2) is 5.46. The number of hydrogen-bond acceptors (Lipinski definition) is 3. The molecular formula is C13H17F3N2O. The number of aromatic nitrogens is 1. The molecule has 1 aliphatic heterocycles. The number of rotatable bonds is 3. The minimum Gasteiger partial charge on any atom is -0.378 e. The minimum absolute atomic E-state index is 0.308. The van der Waals surface area contributed by atoms with Crippen molar-refractivity contribution >= 4 is 0 Å². The zero-order chi connectivity index (χ0) is 13.9. The molecule has 3 nitrogen and oxygen atoms in total. The van der Waals surface area contributed by atoms with Crippen LogP contribution in [0.25, 0.3) is 0 Å². The van der Waals surface area contributed by atoms with E-state index in [2.05, 4.69) is 10.3 Å². The van der Waals surface area contributed by atoms with Crippen LogP contribution in [0, 0.1) is 0 Å². The van der Waals surface area contributed by atoms with E-state index in [0.29, 0.717) is 12.1 Å². The van der Waals surface area contributed by atoms with Gasteiger partial charge in [-0.3, -0.25) is 4.98 Å². The number of ether oxygens (including phenoxy) is 1. The Morgan fingerprint density at radius 2 is 2.00 bits per heavy atom. The van der Waals surface area contributed by atoms with Crippen LogP contribution < -0.4 is 5.32 Å². The summed E-state index contributed by atoms with van der Waals surface area (Å²) < 4.78 is 42.9. The summed E-state index contributed by atoms with van der Waals surface area (Å²) in [5.41, 5.74) is -0.386. The molecule has 1 fully saturated rings. The highest BCUT2D eigenvalue weighted by atomic mass is 19.4. The largest absolute Gasteiger partial charge is 0.417 e. The van der Waals surface area contributed by atoms with Crippen LogP contribution in [-0.2, 0) is 17.3 Å². The van der Waals surface area contributed by atoms with Crippen molar-refractivity contribution in [3.8, 4) is 0 Å². The van der Waals surface area contributed by atoms with Gasteiger partial charge in [-0.2, -0.15) is 13.2 Å². The maximum atomic E-state index is 12.4. The van der Waals surface area contributed by atoms with Crippen molar-refractivity contribution in [2.75, 3.05) is 20.2 Å². The van der Waals surface area contributed by atoms with Crippen molar-refractivity contribution < 1.29 is 17.9 Å². The fraction of sp³-hybridized carbons (Fsp3) is 0.615. The number of nitrogens with one attached hydrogen (secondary N) is 1. The third-order valence-corrected chi connectivity index (χ3v) is 3.60. The van der Waals surface area contributed by atoms with Gasteiger partial charge >= 0.3 is 6.18 Å². The fourth-order valence-electron chi connectivity index (χ4n) is 2.36. The van der Waals surface area contributed by atoms with Crippen molar-refractivity contribution in [1.82, 2.24) is 10.3 Å². The van der Waals surface area contributed by atoms with Gasteiger partial charge in [-0.05, 0) is 38.1 Å².